The zero-order chi connectivity index (χ0) is 15.6. The van der Waals surface area contributed by atoms with Crippen molar-refractivity contribution < 1.29 is 19.2 Å². The van der Waals surface area contributed by atoms with Gasteiger partial charge in [-0.3, -0.25) is 4.79 Å². The normalized spacial score (nSPS) is 24.4. The van der Waals surface area contributed by atoms with Crippen LogP contribution in [0.15, 0.2) is 18.2 Å². The van der Waals surface area contributed by atoms with Crippen molar-refractivity contribution in [2.45, 2.75) is 24.6 Å². The van der Waals surface area contributed by atoms with Crippen LogP contribution in [-0.4, -0.2) is 49.5 Å². The minimum atomic E-state index is 0.112. The van der Waals surface area contributed by atoms with Crippen molar-refractivity contribution in [2.75, 3.05) is 38.7 Å². The van der Waals surface area contributed by atoms with Crippen molar-refractivity contribution in [1.82, 2.24) is 4.90 Å². The Bertz CT molecular complexity index is 589. The van der Waals surface area contributed by atoms with Crippen molar-refractivity contribution in [3.05, 3.63) is 23.8 Å². The van der Waals surface area contributed by atoms with Crippen molar-refractivity contribution in [3.8, 4) is 11.5 Å². The predicted molar refractivity (Wildman–Crippen MR) is 88.9 cm³/mol. The Morgan fingerprint density at radius 2 is 2.00 bits per heavy atom. The summed E-state index contributed by atoms with van der Waals surface area (Å²) in [7, 11) is 0. The molecule has 23 heavy (non-hydrogen) atoms. The van der Waals surface area contributed by atoms with Crippen LogP contribution in [0.2, 0.25) is 0 Å². The third-order valence-corrected chi connectivity index (χ3v) is 6.17. The van der Waals surface area contributed by atoms with E-state index in [0.717, 1.165) is 30.2 Å². The maximum absolute atomic E-state index is 12.3. The smallest absolute Gasteiger partial charge is 0.234 e. The molecule has 0 aromatic heterocycles. The number of nitrogens with one attached hydrogen (secondary N) is 1. The second-order valence-electron chi connectivity index (χ2n) is 6.42. The highest BCUT2D eigenvalue weighted by Crippen LogP contribution is 2.42. The lowest BCUT2D eigenvalue weighted by atomic mass is 10.1. The van der Waals surface area contributed by atoms with Crippen LogP contribution in [0.1, 0.15) is 30.2 Å². The Labute approximate surface area is 140 Å². The van der Waals surface area contributed by atoms with Gasteiger partial charge in [0.05, 0.1) is 31.9 Å². The summed E-state index contributed by atoms with van der Waals surface area (Å²) in [6.07, 6.45) is 4.01. The van der Waals surface area contributed by atoms with Gasteiger partial charge >= 0.3 is 0 Å². The zero-order valence-corrected chi connectivity index (χ0v) is 14.1. The second kappa shape index (κ2) is 6.61. The van der Waals surface area contributed by atoms with E-state index in [0.29, 0.717) is 5.75 Å². The van der Waals surface area contributed by atoms with Crippen LogP contribution >= 0.6 is 11.8 Å². The average Bonchev–Trinajstić information content (AvgIpc) is 3.19. The SMILES string of the molecule is O=C1CSC(c2ccc3c(c2)OCO3)N1CC[NH+]1CCCCC1. The first kappa shape index (κ1) is 15.1. The lowest BCUT2D eigenvalue weighted by Crippen LogP contribution is -3.13. The van der Waals surface area contributed by atoms with Crippen LogP contribution in [0.4, 0.5) is 0 Å². The van der Waals surface area contributed by atoms with Gasteiger partial charge in [-0.05, 0) is 37.0 Å². The molecule has 0 radical (unpaired) electrons. The average molecular weight is 335 g/mol. The Balaban J connectivity index is 1.45. The highest BCUT2D eigenvalue weighted by molar-refractivity contribution is 8.00. The molecule has 1 aromatic carbocycles. The molecule has 0 bridgehead atoms. The molecule has 1 N–H and O–H groups in total. The van der Waals surface area contributed by atoms with Crippen LogP contribution in [0, 0.1) is 0 Å². The van der Waals surface area contributed by atoms with Crippen LogP contribution in [0.5, 0.6) is 11.5 Å². The van der Waals surface area contributed by atoms with Gasteiger partial charge < -0.3 is 19.3 Å². The van der Waals surface area contributed by atoms with E-state index in [1.807, 2.05) is 17.0 Å². The molecule has 3 aliphatic heterocycles. The number of nitrogens with zero attached hydrogens (tertiary/aromatic N) is 1. The van der Waals surface area contributed by atoms with E-state index in [9.17, 15) is 4.79 Å². The molecular weight excluding hydrogens is 312 g/mol. The topological polar surface area (TPSA) is 43.2 Å². The van der Waals surface area contributed by atoms with Crippen LogP contribution in [0.3, 0.4) is 0 Å². The third-order valence-electron chi connectivity index (χ3n) is 4.92. The summed E-state index contributed by atoms with van der Waals surface area (Å²) < 4.78 is 10.9. The van der Waals surface area contributed by atoms with Crippen molar-refractivity contribution in [2.24, 2.45) is 0 Å². The van der Waals surface area contributed by atoms with Crippen LogP contribution in [0.25, 0.3) is 0 Å². The summed E-state index contributed by atoms with van der Waals surface area (Å²) in [6.45, 7) is 4.71. The fourth-order valence-corrected chi connectivity index (χ4v) is 4.83. The Morgan fingerprint density at radius 1 is 1.17 bits per heavy atom. The van der Waals surface area contributed by atoms with E-state index in [4.69, 9.17) is 9.47 Å². The number of quaternary nitrogens is 1. The molecule has 0 saturated carbocycles. The highest BCUT2D eigenvalue weighted by atomic mass is 32.2. The van der Waals surface area contributed by atoms with Crippen molar-refractivity contribution in [1.29, 1.82) is 0 Å². The molecule has 124 valence electrons. The summed E-state index contributed by atoms with van der Waals surface area (Å²) >= 11 is 1.71. The molecule has 0 spiro atoms. The number of carbonyl (C=O) groups excluding carboxylic acids is 1. The highest BCUT2D eigenvalue weighted by Gasteiger charge is 2.34. The zero-order valence-electron chi connectivity index (χ0n) is 13.3. The maximum Gasteiger partial charge on any atom is 0.234 e. The number of hydrogen-bond acceptors (Lipinski definition) is 4. The van der Waals surface area contributed by atoms with E-state index < -0.39 is 0 Å². The summed E-state index contributed by atoms with van der Waals surface area (Å²) in [5.74, 6) is 2.43. The number of rotatable bonds is 4. The molecule has 1 unspecified atom stereocenters. The van der Waals surface area contributed by atoms with E-state index in [2.05, 4.69) is 6.07 Å². The number of thioether (sulfide) groups is 1. The van der Waals surface area contributed by atoms with Gasteiger partial charge in [-0.25, -0.2) is 0 Å². The first-order valence-corrected chi connectivity index (χ1v) is 9.50. The van der Waals surface area contributed by atoms with E-state index in [1.54, 1.807) is 16.7 Å². The third kappa shape index (κ3) is 3.15. The van der Waals surface area contributed by atoms with E-state index >= 15 is 0 Å². The molecule has 1 amide bonds. The number of amides is 1. The van der Waals surface area contributed by atoms with E-state index in [1.165, 1.54) is 32.4 Å². The number of carbonyl (C=O) groups is 1. The summed E-state index contributed by atoms with van der Waals surface area (Å²) in [5.41, 5.74) is 1.14. The molecular formula is C17H23N2O3S+. The summed E-state index contributed by atoms with van der Waals surface area (Å²) in [5, 5.41) is 0.112. The minimum Gasteiger partial charge on any atom is -0.454 e. The molecule has 1 atom stereocenters. The molecule has 5 nitrogen and oxygen atoms in total. The van der Waals surface area contributed by atoms with Gasteiger partial charge in [0.15, 0.2) is 11.5 Å². The van der Waals surface area contributed by atoms with Crippen LogP contribution in [-0.2, 0) is 4.79 Å². The van der Waals surface area contributed by atoms with E-state index in [-0.39, 0.29) is 18.1 Å². The Kier molecular flexibility index (Phi) is 4.35. The lowest BCUT2D eigenvalue weighted by molar-refractivity contribution is -0.904. The molecule has 6 heteroatoms. The maximum atomic E-state index is 12.3. The standard InChI is InChI=1S/C17H22N2O3S/c20-16-11-23-17(13-4-5-14-15(10-13)22-12-21-14)19(16)9-8-18-6-2-1-3-7-18/h4-5,10,17H,1-3,6-9,11-12H2/p+1. The van der Waals surface area contributed by atoms with Crippen LogP contribution < -0.4 is 14.4 Å². The van der Waals surface area contributed by atoms with Gasteiger partial charge in [0, 0.05) is 0 Å². The fraction of sp³-hybridized carbons (Fsp3) is 0.588. The van der Waals surface area contributed by atoms with Gasteiger partial charge in [0.1, 0.15) is 5.37 Å². The molecule has 3 heterocycles. The Hall–Kier alpha value is -1.40. The Morgan fingerprint density at radius 3 is 2.87 bits per heavy atom. The fourth-order valence-electron chi connectivity index (χ4n) is 3.62. The first-order valence-electron chi connectivity index (χ1n) is 8.45. The lowest BCUT2D eigenvalue weighted by Gasteiger charge is -2.28. The molecule has 2 saturated heterocycles. The number of benzene rings is 1. The number of piperidine rings is 1. The van der Waals surface area contributed by atoms with Gasteiger partial charge in [-0.2, -0.15) is 0 Å². The van der Waals surface area contributed by atoms with Gasteiger partial charge in [0.25, 0.3) is 0 Å². The number of hydrogen-bond donors (Lipinski definition) is 1. The monoisotopic (exact) mass is 335 g/mol. The van der Waals surface area contributed by atoms with Gasteiger partial charge in [-0.1, -0.05) is 6.07 Å². The minimum absolute atomic E-state index is 0.112. The molecule has 3 aliphatic rings. The van der Waals surface area contributed by atoms with Gasteiger partial charge in [0.2, 0.25) is 12.7 Å². The quantitative estimate of drug-likeness (QED) is 0.894. The second-order valence-corrected chi connectivity index (χ2v) is 7.49. The first-order chi connectivity index (χ1) is 11.3. The van der Waals surface area contributed by atoms with Crippen molar-refractivity contribution >= 4 is 17.7 Å². The molecule has 2 fully saturated rings. The molecule has 4 rings (SSSR count). The molecule has 0 aliphatic carbocycles. The predicted octanol–water partition coefficient (Wildman–Crippen LogP) is 1.06. The molecule has 1 aromatic rings. The largest absolute Gasteiger partial charge is 0.454 e. The summed E-state index contributed by atoms with van der Waals surface area (Å²) in [4.78, 5) is 16.0. The van der Waals surface area contributed by atoms with Gasteiger partial charge in [-0.15, -0.1) is 11.8 Å². The number of ether oxygens (including phenoxy) is 2. The number of fused-ring (bicyclic) bond motifs is 1. The van der Waals surface area contributed by atoms with Crippen molar-refractivity contribution in [3.63, 3.8) is 0 Å². The number of likely N-dealkylation sites (tertiary alicyclic amines) is 1. The summed E-state index contributed by atoms with van der Waals surface area (Å²) in [6, 6.07) is 6.04.